The van der Waals surface area contributed by atoms with Crippen LogP contribution < -0.4 is 9.62 Å². The maximum Gasteiger partial charge on any atom is 0.244 e. The van der Waals surface area contributed by atoms with Gasteiger partial charge in [0.25, 0.3) is 0 Å². The molecular weight excluding hydrogens is 534 g/mol. The first-order chi connectivity index (χ1) is 18.5. The van der Waals surface area contributed by atoms with Gasteiger partial charge >= 0.3 is 0 Å². The van der Waals surface area contributed by atoms with E-state index in [4.69, 9.17) is 11.6 Å². The molecule has 39 heavy (non-hydrogen) atoms. The van der Waals surface area contributed by atoms with Crippen molar-refractivity contribution in [1.29, 1.82) is 0 Å². The molecule has 9 heteroatoms. The molecule has 1 N–H and O–H groups in total. The quantitative estimate of drug-likeness (QED) is 0.336. The van der Waals surface area contributed by atoms with Crippen molar-refractivity contribution < 1.29 is 18.0 Å². The Morgan fingerprint density at radius 3 is 2.28 bits per heavy atom. The molecule has 0 heterocycles. The molecule has 0 bridgehead atoms. The van der Waals surface area contributed by atoms with Gasteiger partial charge in [-0.25, -0.2) is 8.42 Å². The molecule has 0 saturated heterocycles. The summed E-state index contributed by atoms with van der Waals surface area (Å²) in [6, 6.07) is 21.2. The molecule has 0 aromatic heterocycles. The first-order valence-corrected chi connectivity index (χ1v) is 15.1. The van der Waals surface area contributed by atoms with E-state index in [0.717, 1.165) is 33.7 Å². The second kappa shape index (κ2) is 13.6. The molecule has 208 valence electrons. The summed E-state index contributed by atoms with van der Waals surface area (Å²) in [5, 5.41) is 3.29. The van der Waals surface area contributed by atoms with Crippen LogP contribution in [0, 0.1) is 13.8 Å². The van der Waals surface area contributed by atoms with E-state index in [1.807, 2.05) is 68.4 Å². The van der Waals surface area contributed by atoms with Gasteiger partial charge in [-0.05, 0) is 49.1 Å². The van der Waals surface area contributed by atoms with Gasteiger partial charge in [-0.3, -0.25) is 13.9 Å². The Kier molecular flexibility index (Phi) is 10.5. The van der Waals surface area contributed by atoms with E-state index in [0.29, 0.717) is 22.8 Å². The summed E-state index contributed by atoms with van der Waals surface area (Å²) in [6.07, 6.45) is 2.08. The second-order valence-electron chi connectivity index (χ2n) is 9.71. The Morgan fingerprint density at radius 1 is 0.949 bits per heavy atom. The third kappa shape index (κ3) is 8.57. The molecule has 3 aromatic carbocycles. The number of sulfonamides is 1. The van der Waals surface area contributed by atoms with Crippen molar-refractivity contribution in [3.8, 4) is 0 Å². The molecule has 2 amide bonds. The number of hydrogen-bond acceptors (Lipinski definition) is 4. The van der Waals surface area contributed by atoms with Crippen molar-refractivity contribution in [1.82, 2.24) is 10.2 Å². The number of nitrogens with zero attached hydrogens (tertiary/aromatic N) is 2. The highest BCUT2D eigenvalue weighted by molar-refractivity contribution is 7.92. The standard InChI is InChI=1S/C30H36ClN3O4S/c1-5-16-32-30(36)28(18-24-11-7-6-8-12-24)33(20-25-13-9-10-22(2)17-25)29(35)21-34(39(4,37)38)27-19-26(31)15-14-23(27)3/h6-15,17,19,28H,5,16,18,20-21H2,1-4H3,(H,32,36)/t28-/m1/s1. The molecule has 7 nitrogen and oxygen atoms in total. The SMILES string of the molecule is CCCNC(=O)[C@@H](Cc1ccccc1)N(Cc1cccc(C)c1)C(=O)CN(c1cc(Cl)ccc1C)S(C)(=O)=O. The van der Waals surface area contributed by atoms with Crippen LogP contribution in [0.5, 0.6) is 0 Å². The van der Waals surface area contributed by atoms with Gasteiger partial charge < -0.3 is 10.2 Å². The first-order valence-electron chi connectivity index (χ1n) is 12.9. The summed E-state index contributed by atoms with van der Waals surface area (Å²) in [5.41, 5.74) is 3.73. The molecule has 0 fully saturated rings. The summed E-state index contributed by atoms with van der Waals surface area (Å²) in [5.74, 6) is -0.777. The van der Waals surface area contributed by atoms with E-state index in [2.05, 4.69) is 5.32 Å². The van der Waals surface area contributed by atoms with Crippen LogP contribution >= 0.6 is 11.6 Å². The highest BCUT2D eigenvalue weighted by Crippen LogP contribution is 2.27. The Hall–Kier alpha value is -3.36. The van der Waals surface area contributed by atoms with Gasteiger partial charge in [0.05, 0.1) is 11.9 Å². The number of nitrogens with one attached hydrogen (secondary N) is 1. The third-order valence-corrected chi connectivity index (χ3v) is 7.74. The number of hydrogen-bond donors (Lipinski definition) is 1. The number of rotatable bonds is 12. The van der Waals surface area contributed by atoms with Crippen LogP contribution in [0.1, 0.15) is 35.6 Å². The van der Waals surface area contributed by atoms with Gasteiger partial charge in [0.15, 0.2) is 0 Å². The van der Waals surface area contributed by atoms with Gasteiger partial charge in [0.1, 0.15) is 12.6 Å². The third-order valence-electron chi connectivity index (χ3n) is 6.37. The fraction of sp³-hybridized carbons (Fsp3) is 0.333. The molecular formula is C30H36ClN3O4S. The molecule has 0 aliphatic rings. The molecule has 0 spiro atoms. The van der Waals surface area contributed by atoms with Gasteiger partial charge in [-0.15, -0.1) is 0 Å². The minimum atomic E-state index is -3.86. The lowest BCUT2D eigenvalue weighted by atomic mass is 10.0. The Bertz CT molecular complexity index is 1400. The molecule has 0 saturated carbocycles. The minimum Gasteiger partial charge on any atom is -0.354 e. The monoisotopic (exact) mass is 569 g/mol. The Labute approximate surface area is 236 Å². The van der Waals surface area contributed by atoms with Crippen LogP contribution in [-0.2, 0) is 32.6 Å². The Morgan fingerprint density at radius 2 is 1.64 bits per heavy atom. The summed E-state index contributed by atoms with van der Waals surface area (Å²) in [6.45, 7) is 5.81. The maximum absolute atomic E-state index is 14.1. The summed E-state index contributed by atoms with van der Waals surface area (Å²) < 4.78 is 26.9. The van der Waals surface area contributed by atoms with Crippen LogP contribution in [0.2, 0.25) is 5.02 Å². The van der Waals surface area contributed by atoms with Crippen molar-refractivity contribution in [2.45, 2.75) is 46.2 Å². The van der Waals surface area contributed by atoms with Crippen molar-refractivity contribution in [3.05, 3.63) is 100 Å². The van der Waals surface area contributed by atoms with Crippen molar-refractivity contribution in [2.75, 3.05) is 23.7 Å². The smallest absolute Gasteiger partial charge is 0.244 e. The van der Waals surface area contributed by atoms with Gasteiger partial charge in [0.2, 0.25) is 21.8 Å². The van der Waals surface area contributed by atoms with Gasteiger partial charge in [0, 0.05) is 24.5 Å². The predicted molar refractivity (Wildman–Crippen MR) is 157 cm³/mol. The van der Waals surface area contributed by atoms with Gasteiger partial charge in [-0.1, -0.05) is 84.8 Å². The second-order valence-corrected chi connectivity index (χ2v) is 12.1. The van der Waals surface area contributed by atoms with Crippen molar-refractivity contribution in [3.63, 3.8) is 0 Å². The predicted octanol–water partition coefficient (Wildman–Crippen LogP) is 4.89. The van der Waals surface area contributed by atoms with Crippen LogP contribution in [0.25, 0.3) is 0 Å². The topological polar surface area (TPSA) is 86.8 Å². The normalized spacial score (nSPS) is 12.0. The van der Waals surface area contributed by atoms with E-state index in [1.165, 1.54) is 11.0 Å². The zero-order chi connectivity index (χ0) is 28.6. The lowest BCUT2D eigenvalue weighted by Crippen LogP contribution is -2.53. The van der Waals surface area contributed by atoms with Crippen LogP contribution in [0.3, 0.4) is 0 Å². The number of carbonyl (C=O) groups excluding carboxylic acids is 2. The Balaban J connectivity index is 2.07. The lowest BCUT2D eigenvalue weighted by molar-refractivity contribution is -0.140. The van der Waals surface area contributed by atoms with Crippen molar-refractivity contribution in [2.24, 2.45) is 0 Å². The van der Waals surface area contributed by atoms with E-state index >= 15 is 0 Å². The molecule has 0 unspecified atom stereocenters. The molecule has 3 aromatic rings. The van der Waals surface area contributed by atoms with E-state index in [1.54, 1.807) is 19.1 Å². The zero-order valence-corrected chi connectivity index (χ0v) is 24.4. The minimum absolute atomic E-state index is 0.143. The average molecular weight is 570 g/mol. The van der Waals surface area contributed by atoms with E-state index < -0.39 is 28.5 Å². The fourth-order valence-corrected chi connectivity index (χ4v) is 5.44. The molecule has 0 aliphatic heterocycles. The largest absolute Gasteiger partial charge is 0.354 e. The first kappa shape index (κ1) is 30.2. The number of amides is 2. The fourth-order valence-electron chi connectivity index (χ4n) is 4.37. The highest BCUT2D eigenvalue weighted by Gasteiger charge is 2.33. The van der Waals surface area contributed by atoms with E-state index in [9.17, 15) is 18.0 Å². The van der Waals surface area contributed by atoms with Gasteiger partial charge in [-0.2, -0.15) is 0 Å². The molecule has 0 aliphatic carbocycles. The molecule has 1 atom stereocenters. The maximum atomic E-state index is 14.1. The van der Waals surface area contributed by atoms with Crippen LogP contribution in [-0.4, -0.2) is 50.5 Å². The number of aryl methyl sites for hydroxylation is 2. The zero-order valence-electron chi connectivity index (χ0n) is 22.9. The summed E-state index contributed by atoms with van der Waals surface area (Å²) in [7, 11) is -3.86. The number of halogens is 1. The van der Waals surface area contributed by atoms with Crippen molar-refractivity contribution >= 4 is 39.1 Å². The van der Waals surface area contributed by atoms with Crippen LogP contribution in [0.15, 0.2) is 72.8 Å². The highest BCUT2D eigenvalue weighted by atomic mass is 35.5. The summed E-state index contributed by atoms with van der Waals surface area (Å²) >= 11 is 6.19. The molecule has 3 rings (SSSR count). The average Bonchev–Trinajstić information content (AvgIpc) is 2.89. The number of anilines is 1. The molecule has 0 radical (unpaired) electrons. The van der Waals surface area contributed by atoms with Crippen LogP contribution in [0.4, 0.5) is 5.69 Å². The number of carbonyl (C=O) groups is 2. The lowest BCUT2D eigenvalue weighted by Gasteiger charge is -2.34. The summed E-state index contributed by atoms with van der Waals surface area (Å²) in [4.78, 5) is 29.1. The van der Waals surface area contributed by atoms with E-state index in [-0.39, 0.29) is 18.9 Å². The number of benzene rings is 3.